The number of aromatic nitrogens is 2. The lowest BCUT2D eigenvalue weighted by molar-refractivity contribution is 0.0295. The molecule has 122 valence electrons. The summed E-state index contributed by atoms with van der Waals surface area (Å²) >= 11 is 5.64. The quantitative estimate of drug-likeness (QED) is 0.599. The lowest BCUT2D eigenvalue weighted by atomic mass is 10.2. The normalized spacial score (nSPS) is 19.3. The molecule has 2 heterocycles. The maximum Gasteiger partial charge on any atom is 0.410 e. The maximum absolute atomic E-state index is 12.5. The van der Waals surface area contributed by atoms with Gasteiger partial charge in [0.2, 0.25) is 5.28 Å². The molecule has 0 radical (unpaired) electrons. The molecule has 0 spiro atoms. The van der Waals surface area contributed by atoms with Gasteiger partial charge in [-0.15, -0.1) is 0 Å². The SMILES string of the molecule is CC(C)(C)OC(=O)N1CC[C@H](S(=O)(=O)c2ccnc(Cl)n2)C1. The van der Waals surface area contributed by atoms with Crippen LogP contribution in [0.3, 0.4) is 0 Å². The molecule has 0 N–H and O–H groups in total. The molecular formula is C13H18ClN3O4S. The Morgan fingerprint density at radius 1 is 1.45 bits per heavy atom. The van der Waals surface area contributed by atoms with Crippen LogP contribution in [-0.4, -0.2) is 53.3 Å². The molecule has 22 heavy (non-hydrogen) atoms. The summed E-state index contributed by atoms with van der Waals surface area (Å²) in [5.74, 6) is 0. The van der Waals surface area contributed by atoms with Gasteiger partial charge in [0.05, 0.1) is 5.25 Å². The fraction of sp³-hybridized carbons (Fsp3) is 0.615. The molecule has 0 bridgehead atoms. The van der Waals surface area contributed by atoms with E-state index in [-0.39, 0.29) is 16.9 Å². The smallest absolute Gasteiger partial charge is 0.410 e. The molecule has 1 aliphatic heterocycles. The zero-order valence-corrected chi connectivity index (χ0v) is 14.2. The van der Waals surface area contributed by atoms with E-state index >= 15 is 0 Å². The van der Waals surface area contributed by atoms with Crippen molar-refractivity contribution in [2.24, 2.45) is 0 Å². The summed E-state index contributed by atoms with van der Waals surface area (Å²) < 4.78 is 30.3. The second-order valence-electron chi connectivity index (χ2n) is 6.05. The van der Waals surface area contributed by atoms with Crippen molar-refractivity contribution in [3.8, 4) is 0 Å². The van der Waals surface area contributed by atoms with Gasteiger partial charge >= 0.3 is 6.09 Å². The summed E-state index contributed by atoms with van der Waals surface area (Å²) in [4.78, 5) is 20.8. The molecule has 0 aromatic carbocycles. The molecular weight excluding hydrogens is 330 g/mol. The summed E-state index contributed by atoms with van der Waals surface area (Å²) in [6.07, 6.45) is 1.12. The number of carbonyl (C=O) groups is 1. The van der Waals surface area contributed by atoms with Crippen molar-refractivity contribution in [1.29, 1.82) is 0 Å². The molecule has 0 aliphatic carbocycles. The maximum atomic E-state index is 12.5. The number of nitrogens with zero attached hydrogens (tertiary/aromatic N) is 3. The largest absolute Gasteiger partial charge is 0.444 e. The third kappa shape index (κ3) is 3.86. The van der Waals surface area contributed by atoms with E-state index in [1.54, 1.807) is 20.8 Å². The Hall–Kier alpha value is -1.41. The van der Waals surface area contributed by atoms with Crippen molar-refractivity contribution in [2.75, 3.05) is 13.1 Å². The fourth-order valence-electron chi connectivity index (χ4n) is 2.12. The lowest BCUT2D eigenvalue weighted by Gasteiger charge is -2.24. The number of hydrogen-bond donors (Lipinski definition) is 0. The van der Waals surface area contributed by atoms with Gasteiger partial charge in [0, 0.05) is 19.3 Å². The summed E-state index contributed by atoms with van der Waals surface area (Å²) in [6, 6.07) is 1.30. The molecule has 0 saturated carbocycles. The minimum absolute atomic E-state index is 0.0822. The number of halogens is 1. The first kappa shape index (κ1) is 17.0. The van der Waals surface area contributed by atoms with Crippen molar-refractivity contribution in [1.82, 2.24) is 14.9 Å². The minimum atomic E-state index is -3.66. The third-order valence-corrected chi connectivity index (χ3v) is 5.38. The molecule has 2 rings (SSSR count). The number of ether oxygens (including phenoxy) is 1. The van der Waals surface area contributed by atoms with E-state index in [9.17, 15) is 13.2 Å². The van der Waals surface area contributed by atoms with Crippen LogP contribution in [0.15, 0.2) is 17.3 Å². The van der Waals surface area contributed by atoms with E-state index in [1.165, 1.54) is 17.2 Å². The number of amides is 1. The van der Waals surface area contributed by atoms with Crippen LogP contribution in [0.1, 0.15) is 27.2 Å². The Kier molecular flexibility index (Phi) is 4.62. The van der Waals surface area contributed by atoms with Crippen LogP contribution in [0.5, 0.6) is 0 Å². The Morgan fingerprint density at radius 3 is 2.73 bits per heavy atom. The number of carbonyl (C=O) groups excluding carboxylic acids is 1. The van der Waals surface area contributed by atoms with Crippen LogP contribution >= 0.6 is 11.6 Å². The molecule has 1 aromatic rings. The van der Waals surface area contributed by atoms with Crippen LogP contribution in [0.4, 0.5) is 4.79 Å². The summed E-state index contributed by atoms with van der Waals surface area (Å²) in [7, 11) is -3.66. The lowest BCUT2D eigenvalue weighted by Crippen LogP contribution is -2.36. The summed E-state index contributed by atoms with van der Waals surface area (Å²) in [6.45, 7) is 5.70. The van der Waals surface area contributed by atoms with Crippen molar-refractivity contribution in [3.05, 3.63) is 17.5 Å². The zero-order valence-electron chi connectivity index (χ0n) is 12.6. The minimum Gasteiger partial charge on any atom is -0.444 e. The van der Waals surface area contributed by atoms with E-state index in [0.717, 1.165) is 0 Å². The van der Waals surface area contributed by atoms with Crippen molar-refractivity contribution in [3.63, 3.8) is 0 Å². The van der Waals surface area contributed by atoms with Crippen LogP contribution < -0.4 is 0 Å². The van der Waals surface area contributed by atoms with E-state index in [2.05, 4.69) is 9.97 Å². The number of rotatable bonds is 2. The molecule has 1 atom stereocenters. The Balaban J connectivity index is 2.11. The topological polar surface area (TPSA) is 89.5 Å². The van der Waals surface area contributed by atoms with Crippen molar-refractivity contribution >= 4 is 27.5 Å². The van der Waals surface area contributed by atoms with Crippen LogP contribution in [-0.2, 0) is 14.6 Å². The van der Waals surface area contributed by atoms with Gasteiger partial charge in [0.25, 0.3) is 0 Å². The predicted molar refractivity (Wildman–Crippen MR) is 80.4 cm³/mol. The van der Waals surface area contributed by atoms with Gasteiger partial charge < -0.3 is 9.64 Å². The van der Waals surface area contributed by atoms with Gasteiger partial charge in [-0.05, 0) is 44.9 Å². The highest BCUT2D eigenvalue weighted by Gasteiger charge is 2.38. The first-order valence-electron chi connectivity index (χ1n) is 6.80. The monoisotopic (exact) mass is 347 g/mol. The molecule has 0 unspecified atom stereocenters. The van der Waals surface area contributed by atoms with Gasteiger partial charge in [0.15, 0.2) is 14.9 Å². The highest BCUT2D eigenvalue weighted by molar-refractivity contribution is 7.92. The average Bonchev–Trinajstić information content (AvgIpc) is 2.87. The van der Waals surface area contributed by atoms with Crippen molar-refractivity contribution in [2.45, 2.75) is 43.1 Å². The number of likely N-dealkylation sites (tertiary alicyclic amines) is 1. The molecule has 1 aromatic heterocycles. The van der Waals surface area contributed by atoms with Gasteiger partial charge in [-0.2, -0.15) is 0 Å². The van der Waals surface area contributed by atoms with E-state index in [1.807, 2.05) is 0 Å². The van der Waals surface area contributed by atoms with Gasteiger partial charge in [-0.3, -0.25) is 0 Å². The first-order chi connectivity index (χ1) is 10.1. The molecule has 1 fully saturated rings. The number of sulfone groups is 1. The fourth-order valence-corrected chi connectivity index (χ4v) is 3.92. The molecule has 7 nitrogen and oxygen atoms in total. The molecule has 1 saturated heterocycles. The molecule has 1 amide bonds. The van der Waals surface area contributed by atoms with E-state index in [4.69, 9.17) is 16.3 Å². The molecule has 1 aliphatic rings. The summed E-state index contributed by atoms with van der Waals surface area (Å²) in [5, 5.41) is -0.961. The van der Waals surface area contributed by atoms with Gasteiger partial charge in [-0.1, -0.05) is 0 Å². The number of hydrogen-bond acceptors (Lipinski definition) is 6. The highest BCUT2D eigenvalue weighted by atomic mass is 35.5. The van der Waals surface area contributed by atoms with Crippen LogP contribution in [0.2, 0.25) is 5.28 Å². The van der Waals surface area contributed by atoms with E-state index < -0.39 is 26.8 Å². The highest BCUT2D eigenvalue weighted by Crippen LogP contribution is 2.24. The predicted octanol–water partition coefficient (Wildman–Crippen LogP) is 1.91. The molecule has 9 heteroatoms. The average molecular weight is 348 g/mol. The Bertz CT molecular complexity index is 672. The van der Waals surface area contributed by atoms with Gasteiger partial charge in [0.1, 0.15) is 5.60 Å². The van der Waals surface area contributed by atoms with Crippen LogP contribution in [0.25, 0.3) is 0 Å². The second kappa shape index (κ2) is 6.00. The van der Waals surface area contributed by atoms with E-state index in [0.29, 0.717) is 13.0 Å². The second-order valence-corrected chi connectivity index (χ2v) is 8.56. The van der Waals surface area contributed by atoms with Crippen molar-refractivity contribution < 1.29 is 17.9 Å². The zero-order chi connectivity index (χ0) is 16.5. The third-order valence-electron chi connectivity index (χ3n) is 3.13. The summed E-state index contributed by atoms with van der Waals surface area (Å²) in [5.41, 5.74) is -0.617. The standard InChI is InChI=1S/C13H18ClN3O4S/c1-13(2,3)21-12(18)17-7-5-9(8-17)22(19,20)10-4-6-15-11(14)16-10/h4,6,9H,5,7-8H2,1-3H3/t9-/m0/s1. The van der Waals surface area contributed by atoms with Gasteiger partial charge in [-0.25, -0.2) is 23.2 Å². The Morgan fingerprint density at radius 2 is 2.14 bits per heavy atom. The Labute approximate surface area is 134 Å². The van der Waals surface area contributed by atoms with Crippen LogP contribution in [0, 0.1) is 0 Å². The first-order valence-corrected chi connectivity index (χ1v) is 8.72.